The third-order valence-corrected chi connectivity index (χ3v) is 6.27. The van der Waals surface area contributed by atoms with Gasteiger partial charge in [-0.25, -0.2) is 4.79 Å². The molecular weight excluding hydrogens is 284 g/mol. The van der Waals surface area contributed by atoms with Crippen molar-refractivity contribution < 1.29 is 24.9 Å². The van der Waals surface area contributed by atoms with Gasteiger partial charge in [0.05, 0.1) is 12.0 Å². The fourth-order valence-corrected chi connectivity index (χ4v) is 5.82. The second-order valence-corrected chi connectivity index (χ2v) is 7.92. The molecule has 0 aromatic carbocycles. The molecule has 4 saturated carbocycles. The second-order valence-electron chi connectivity index (χ2n) is 7.92. The molecule has 0 aliphatic heterocycles. The lowest BCUT2D eigenvalue weighted by molar-refractivity contribution is -0.174. The van der Waals surface area contributed by atoms with Gasteiger partial charge < -0.3 is 15.3 Å². The quantitative estimate of drug-likeness (QED) is 0.678. The molecule has 0 heterocycles. The fourth-order valence-electron chi connectivity index (χ4n) is 5.82. The number of carbonyl (C=O) groups is 2. The largest absolute Gasteiger partial charge is 0.481 e. The zero-order chi connectivity index (χ0) is 16.1. The van der Waals surface area contributed by atoms with Crippen molar-refractivity contribution in [1.82, 2.24) is 0 Å². The summed E-state index contributed by atoms with van der Waals surface area (Å²) in [7, 11) is 0. The van der Waals surface area contributed by atoms with E-state index in [-0.39, 0.29) is 17.6 Å². The first-order valence-corrected chi connectivity index (χ1v) is 8.05. The predicted octanol–water partition coefficient (Wildman–Crippen LogP) is 2.44. The van der Waals surface area contributed by atoms with E-state index in [1.54, 1.807) is 0 Å². The average Bonchev–Trinajstić information content (AvgIpc) is 2.42. The highest BCUT2D eigenvalue weighted by molar-refractivity contribution is 5.86. The molecule has 5 heteroatoms. The third-order valence-electron chi connectivity index (χ3n) is 6.27. The highest BCUT2D eigenvalue weighted by Crippen LogP contribution is 2.67. The molecule has 0 saturated heterocycles. The number of aliphatic carboxylic acids is 2. The van der Waals surface area contributed by atoms with Crippen LogP contribution in [0.15, 0.2) is 11.1 Å². The molecule has 0 radical (unpaired) electrons. The van der Waals surface area contributed by atoms with Crippen molar-refractivity contribution in [2.24, 2.45) is 22.7 Å². The summed E-state index contributed by atoms with van der Waals surface area (Å²) in [5.74, 6) is -0.790. The molecule has 4 rings (SSSR count). The van der Waals surface area contributed by atoms with E-state index in [4.69, 9.17) is 0 Å². The summed E-state index contributed by atoms with van der Waals surface area (Å²) in [6.07, 6.45) is 5.80. The molecule has 0 spiro atoms. The molecule has 5 nitrogen and oxygen atoms in total. The van der Waals surface area contributed by atoms with Crippen molar-refractivity contribution in [1.29, 1.82) is 0 Å². The molecule has 0 aromatic rings. The second kappa shape index (κ2) is 5.08. The molecule has 4 aliphatic carbocycles. The van der Waals surface area contributed by atoms with Crippen LogP contribution >= 0.6 is 0 Å². The molecule has 122 valence electrons. The van der Waals surface area contributed by atoms with Crippen LogP contribution in [-0.2, 0) is 9.59 Å². The average molecular weight is 308 g/mol. The van der Waals surface area contributed by atoms with E-state index in [0.717, 1.165) is 32.1 Å². The van der Waals surface area contributed by atoms with Gasteiger partial charge in [0, 0.05) is 5.57 Å². The van der Waals surface area contributed by atoms with Crippen molar-refractivity contribution >= 4 is 11.9 Å². The molecule has 22 heavy (non-hydrogen) atoms. The van der Waals surface area contributed by atoms with E-state index in [0.29, 0.717) is 30.3 Å². The lowest BCUT2D eigenvalue weighted by Gasteiger charge is -2.61. The van der Waals surface area contributed by atoms with E-state index in [1.807, 2.05) is 0 Å². The van der Waals surface area contributed by atoms with Crippen LogP contribution in [0.2, 0.25) is 0 Å². The minimum atomic E-state index is -0.998. The number of aliphatic hydroxyl groups is 1. The Kier molecular flexibility index (Phi) is 3.59. The lowest BCUT2D eigenvalue weighted by atomic mass is 9.43. The van der Waals surface area contributed by atoms with Gasteiger partial charge in [-0.1, -0.05) is 0 Å². The topological polar surface area (TPSA) is 94.8 Å². The monoisotopic (exact) mass is 308 g/mol. The summed E-state index contributed by atoms with van der Waals surface area (Å²) < 4.78 is 0. The number of carboxylic acid groups (broad SMARTS) is 2. The first-order chi connectivity index (χ1) is 10.3. The fraction of sp³-hybridized carbons (Fsp3) is 0.765. The van der Waals surface area contributed by atoms with Gasteiger partial charge in [0.1, 0.15) is 0 Å². The van der Waals surface area contributed by atoms with Crippen LogP contribution in [0.25, 0.3) is 0 Å². The molecule has 3 N–H and O–H groups in total. The third kappa shape index (κ3) is 2.35. The Bertz CT molecular complexity index is 533. The van der Waals surface area contributed by atoms with Crippen LogP contribution in [0.5, 0.6) is 0 Å². The Balaban J connectivity index is 1.92. The highest BCUT2D eigenvalue weighted by Gasteiger charge is 2.60. The highest BCUT2D eigenvalue weighted by atomic mass is 16.4. The van der Waals surface area contributed by atoms with Gasteiger partial charge in [-0.05, 0) is 74.7 Å². The Morgan fingerprint density at radius 2 is 1.68 bits per heavy atom. The van der Waals surface area contributed by atoms with Crippen LogP contribution in [0.3, 0.4) is 0 Å². The molecule has 0 aromatic heterocycles. The molecule has 2 unspecified atom stereocenters. The molecule has 4 aliphatic rings. The van der Waals surface area contributed by atoms with E-state index < -0.39 is 17.4 Å². The minimum Gasteiger partial charge on any atom is -0.481 e. The van der Waals surface area contributed by atoms with Crippen LogP contribution < -0.4 is 0 Å². The van der Waals surface area contributed by atoms with Crippen molar-refractivity contribution in [2.75, 3.05) is 6.61 Å². The van der Waals surface area contributed by atoms with Crippen molar-refractivity contribution in [2.45, 2.75) is 51.9 Å². The summed E-state index contributed by atoms with van der Waals surface area (Å²) in [5.41, 5.74) is 0.0385. The minimum absolute atomic E-state index is 0.128. The number of carboxylic acids is 2. The maximum absolute atomic E-state index is 11.8. The normalized spacial score (nSPS) is 40.5. The van der Waals surface area contributed by atoms with Crippen LogP contribution in [0, 0.1) is 22.7 Å². The Labute approximate surface area is 130 Å². The maximum atomic E-state index is 11.8. The summed E-state index contributed by atoms with van der Waals surface area (Å²) in [6, 6.07) is 0. The predicted molar refractivity (Wildman–Crippen MR) is 79.2 cm³/mol. The standard InChI is InChI=1S/C17H24O5/c1-10(14(19)20)13(8-18)7-16-3-11-2-12(4-16)6-17(5-11,9-16)15(21)22/h11-12,18H,2-9H2,1H3,(H,19,20)(H,21,22). The molecule has 4 fully saturated rings. The molecule has 2 atom stereocenters. The smallest absolute Gasteiger partial charge is 0.331 e. The van der Waals surface area contributed by atoms with Gasteiger partial charge in [0.25, 0.3) is 0 Å². The molecule has 4 bridgehead atoms. The van der Waals surface area contributed by atoms with Crippen LogP contribution in [0.4, 0.5) is 0 Å². The number of rotatable bonds is 5. The summed E-state index contributed by atoms with van der Waals surface area (Å²) in [5, 5.41) is 28.5. The molecule has 0 amide bonds. The van der Waals surface area contributed by atoms with E-state index >= 15 is 0 Å². The number of hydrogen-bond donors (Lipinski definition) is 3. The molecular formula is C17H24O5. The van der Waals surface area contributed by atoms with E-state index in [9.17, 15) is 24.9 Å². The van der Waals surface area contributed by atoms with Gasteiger partial charge in [-0.3, -0.25) is 4.79 Å². The van der Waals surface area contributed by atoms with Gasteiger partial charge in [0.2, 0.25) is 0 Å². The Hall–Kier alpha value is -1.36. The zero-order valence-corrected chi connectivity index (χ0v) is 13.0. The lowest BCUT2D eigenvalue weighted by Crippen LogP contribution is -2.55. The van der Waals surface area contributed by atoms with Crippen LogP contribution in [0.1, 0.15) is 51.9 Å². The van der Waals surface area contributed by atoms with Crippen molar-refractivity contribution in [3.63, 3.8) is 0 Å². The SMILES string of the molecule is CC(C(=O)O)=C(CO)CC12CC3CC(C1)CC(C(=O)O)(C3)C2. The van der Waals surface area contributed by atoms with E-state index in [1.165, 1.54) is 6.92 Å². The number of aliphatic hydroxyl groups excluding tert-OH is 1. The summed E-state index contributed by atoms with van der Waals surface area (Å²) >= 11 is 0. The van der Waals surface area contributed by atoms with E-state index in [2.05, 4.69) is 0 Å². The zero-order valence-electron chi connectivity index (χ0n) is 13.0. The van der Waals surface area contributed by atoms with Gasteiger partial charge in [-0.2, -0.15) is 0 Å². The van der Waals surface area contributed by atoms with Gasteiger partial charge in [0.15, 0.2) is 0 Å². The number of hydrogen-bond acceptors (Lipinski definition) is 3. The van der Waals surface area contributed by atoms with Gasteiger partial charge >= 0.3 is 11.9 Å². The van der Waals surface area contributed by atoms with Gasteiger partial charge in [-0.15, -0.1) is 0 Å². The van der Waals surface area contributed by atoms with Crippen molar-refractivity contribution in [3.05, 3.63) is 11.1 Å². The van der Waals surface area contributed by atoms with Crippen molar-refractivity contribution in [3.8, 4) is 0 Å². The summed E-state index contributed by atoms with van der Waals surface area (Å²) in [6.45, 7) is 1.27. The summed E-state index contributed by atoms with van der Waals surface area (Å²) in [4.78, 5) is 23.0. The van der Waals surface area contributed by atoms with Crippen LogP contribution in [-0.4, -0.2) is 33.9 Å². The first kappa shape index (κ1) is 15.5. The Morgan fingerprint density at radius 3 is 2.14 bits per heavy atom. The first-order valence-electron chi connectivity index (χ1n) is 8.05. The maximum Gasteiger partial charge on any atom is 0.331 e. The Morgan fingerprint density at radius 1 is 1.09 bits per heavy atom.